The number of rotatable bonds is 7. The number of aromatic amines is 1. The van der Waals surface area contributed by atoms with Crippen LogP contribution in [-0.2, 0) is 11.2 Å². The number of hydrogen-bond acceptors (Lipinski definition) is 1. The van der Waals surface area contributed by atoms with Gasteiger partial charge in [-0.1, -0.05) is 61.9 Å². The number of H-pyrrole nitrogens is 1. The summed E-state index contributed by atoms with van der Waals surface area (Å²) in [6.45, 7) is 2.18. The van der Waals surface area contributed by atoms with E-state index in [4.69, 9.17) is 0 Å². The molecule has 0 bridgehead atoms. The van der Waals surface area contributed by atoms with E-state index in [0.717, 1.165) is 23.9 Å². The van der Waals surface area contributed by atoms with E-state index in [9.17, 15) is 4.79 Å². The van der Waals surface area contributed by atoms with E-state index in [1.165, 1.54) is 10.9 Å². The summed E-state index contributed by atoms with van der Waals surface area (Å²) in [5, 5.41) is 1.25. The molecule has 0 aliphatic rings. The fourth-order valence-electron chi connectivity index (χ4n) is 3.32. The van der Waals surface area contributed by atoms with E-state index in [1.54, 1.807) is 0 Å². The molecule has 0 spiro atoms. The number of hydrogen-bond donors (Lipinski definition) is 1. The van der Waals surface area contributed by atoms with Gasteiger partial charge >= 0.3 is 0 Å². The van der Waals surface area contributed by atoms with Crippen LogP contribution in [0.5, 0.6) is 0 Å². The fraction of sp³-hybridized carbons (Fsp3) is 0.286. The van der Waals surface area contributed by atoms with Crippen molar-refractivity contribution in [2.75, 3.05) is 0 Å². The number of nitrogens with one attached hydrogen (secondary N) is 1. The van der Waals surface area contributed by atoms with Crippen LogP contribution in [0.25, 0.3) is 10.9 Å². The molecule has 2 heteroatoms. The van der Waals surface area contributed by atoms with Crippen molar-refractivity contribution < 1.29 is 4.79 Å². The minimum Gasteiger partial charge on any atom is -0.361 e. The van der Waals surface area contributed by atoms with Gasteiger partial charge in [0.25, 0.3) is 0 Å². The first-order valence-corrected chi connectivity index (χ1v) is 8.39. The van der Waals surface area contributed by atoms with Gasteiger partial charge in [0.05, 0.1) is 0 Å². The monoisotopic (exact) mass is 305 g/mol. The number of ketones is 1. The van der Waals surface area contributed by atoms with Gasteiger partial charge in [-0.2, -0.15) is 0 Å². The van der Waals surface area contributed by atoms with Crippen LogP contribution in [0.2, 0.25) is 0 Å². The molecule has 118 valence electrons. The summed E-state index contributed by atoms with van der Waals surface area (Å²) in [5.41, 5.74) is 3.54. The molecule has 2 nitrogen and oxygen atoms in total. The summed E-state index contributed by atoms with van der Waals surface area (Å²) >= 11 is 0. The average molecular weight is 305 g/mol. The van der Waals surface area contributed by atoms with Gasteiger partial charge in [0.1, 0.15) is 5.78 Å². The van der Waals surface area contributed by atoms with Crippen LogP contribution in [0.1, 0.15) is 43.2 Å². The molecular weight excluding hydrogens is 282 g/mol. The number of Topliss-reactive ketones (excluding diaryl/α,β-unsaturated/α-hetero) is 1. The van der Waals surface area contributed by atoms with Crippen molar-refractivity contribution in [3.8, 4) is 0 Å². The SMILES string of the molecule is CCC[C@@H](CC(=O)Cc1ccccc1)c1c[nH]c2ccccc12. The maximum absolute atomic E-state index is 12.5. The van der Waals surface area contributed by atoms with E-state index >= 15 is 0 Å². The highest BCUT2D eigenvalue weighted by atomic mass is 16.1. The molecule has 0 saturated heterocycles. The van der Waals surface area contributed by atoms with Gasteiger partial charge in [0.15, 0.2) is 0 Å². The van der Waals surface area contributed by atoms with Crippen LogP contribution >= 0.6 is 0 Å². The molecule has 3 aromatic rings. The van der Waals surface area contributed by atoms with Gasteiger partial charge in [0, 0.05) is 29.9 Å². The molecular formula is C21H23NO. The molecule has 0 fully saturated rings. The number of benzene rings is 2. The predicted molar refractivity (Wildman–Crippen MR) is 95.7 cm³/mol. The van der Waals surface area contributed by atoms with Crippen molar-refractivity contribution in [3.05, 3.63) is 71.9 Å². The molecule has 0 radical (unpaired) electrons. The summed E-state index contributed by atoms with van der Waals surface area (Å²) in [6.07, 6.45) is 5.36. The van der Waals surface area contributed by atoms with Crippen LogP contribution in [0.15, 0.2) is 60.8 Å². The number of para-hydroxylation sites is 1. The first-order chi connectivity index (χ1) is 11.3. The topological polar surface area (TPSA) is 32.9 Å². The van der Waals surface area contributed by atoms with Gasteiger partial charge in [-0.25, -0.2) is 0 Å². The van der Waals surface area contributed by atoms with Gasteiger partial charge in [0.2, 0.25) is 0 Å². The highest BCUT2D eigenvalue weighted by Gasteiger charge is 2.18. The molecule has 23 heavy (non-hydrogen) atoms. The van der Waals surface area contributed by atoms with Crippen molar-refractivity contribution in [2.45, 2.75) is 38.5 Å². The summed E-state index contributed by atoms with van der Waals surface area (Å²) in [4.78, 5) is 15.9. The second-order valence-electron chi connectivity index (χ2n) is 6.18. The second kappa shape index (κ2) is 7.28. The van der Waals surface area contributed by atoms with Crippen molar-refractivity contribution in [3.63, 3.8) is 0 Å². The maximum Gasteiger partial charge on any atom is 0.137 e. The molecule has 3 rings (SSSR count). The number of carbonyl (C=O) groups is 1. The molecule has 0 unspecified atom stereocenters. The van der Waals surface area contributed by atoms with Crippen LogP contribution in [0.4, 0.5) is 0 Å². The van der Waals surface area contributed by atoms with Crippen molar-refractivity contribution in [1.29, 1.82) is 0 Å². The summed E-state index contributed by atoms with van der Waals surface area (Å²) in [6, 6.07) is 18.4. The number of fused-ring (bicyclic) bond motifs is 1. The fourth-order valence-corrected chi connectivity index (χ4v) is 3.32. The Hall–Kier alpha value is -2.35. The molecule has 0 amide bonds. The quantitative estimate of drug-likeness (QED) is 0.635. The Morgan fingerprint density at radius 3 is 2.57 bits per heavy atom. The van der Waals surface area contributed by atoms with E-state index in [1.807, 2.05) is 36.4 Å². The van der Waals surface area contributed by atoms with Gasteiger partial charge in [-0.15, -0.1) is 0 Å². The molecule has 1 heterocycles. The van der Waals surface area contributed by atoms with Crippen LogP contribution < -0.4 is 0 Å². The van der Waals surface area contributed by atoms with Gasteiger partial charge < -0.3 is 4.98 Å². The third-order valence-electron chi connectivity index (χ3n) is 4.42. The van der Waals surface area contributed by atoms with Crippen molar-refractivity contribution in [2.24, 2.45) is 0 Å². The molecule has 0 saturated carbocycles. The molecule has 1 atom stereocenters. The zero-order valence-electron chi connectivity index (χ0n) is 13.6. The predicted octanol–water partition coefficient (Wildman–Crippen LogP) is 5.25. The normalized spacial score (nSPS) is 12.4. The largest absolute Gasteiger partial charge is 0.361 e. The van der Waals surface area contributed by atoms with Crippen LogP contribution in [0, 0.1) is 0 Å². The van der Waals surface area contributed by atoms with Crippen molar-refractivity contribution >= 4 is 16.7 Å². The van der Waals surface area contributed by atoms with E-state index in [2.05, 4.69) is 36.3 Å². The number of aromatic nitrogens is 1. The lowest BCUT2D eigenvalue weighted by atomic mass is 9.88. The zero-order valence-corrected chi connectivity index (χ0v) is 13.6. The Kier molecular flexibility index (Phi) is 4.92. The van der Waals surface area contributed by atoms with Crippen LogP contribution in [0.3, 0.4) is 0 Å². The van der Waals surface area contributed by atoms with E-state index < -0.39 is 0 Å². The lowest BCUT2D eigenvalue weighted by molar-refractivity contribution is -0.118. The Labute approximate surface area is 137 Å². The zero-order chi connectivity index (χ0) is 16.1. The minimum atomic E-state index is 0.298. The first kappa shape index (κ1) is 15.5. The average Bonchev–Trinajstić information content (AvgIpc) is 2.99. The van der Waals surface area contributed by atoms with Crippen molar-refractivity contribution in [1.82, 2.24) is 4.98 Å². The van der Waals surface area contributed by atoms with Gasteiger partial charge in [-0.3, -0.25) is 4.79 Å². The third-order valence-corrected chi connectivity index (χ3v) is 4.42. The lowest BCUT2D eigenvalue weighted by Gasteiger charge is -2.15. The Bertz CT molecular complexity index is 773. The highest BCUT2D eigenvalue weighted by molar-refractivity contribution is 5.86. The Morgan fingerprint density at radius 1 is 1.04 bits per heavy atom. The molecule has 2 aromatic carbocycles. The molecule has 0 aliphatic heterocycles. The highest BCUT2D eigenvalue weighted by Crippen LogP contribution is 2.31. The second-order valence-corrected chi connectivity index (χ2v) is 6.18. The van der Waals surface area contributed by atoms with Crippen LogP contribution in [-0.4, -0.2) is 10.8 Å². The third kappa shape index (κ3) is 3.70. The van der Waals surface area contributed by atoms with Gasteiger partial charge in [-0.05, 0) is 29.5 Å². The summed E-state index contributed by atoms with van der Waals surface area (Å²) in [5.74, 6) is 0.618. The Balaban J connectivity index is 1.77. The van der Waals surface area contributed by atoms with E-state index in [0.29, 0.717) is 24.5 Å². The molecule has 0 aliphatic carbocycles. The lowest BCUT2D eigenvalue weighted by Crippen LogP contribution is -2.09. The smallest absolute Gasteiger partial charge is 0.137 e. The molecule has 1 aromatic heterocycles. The molecule has 1 N–H and O–H groups in total. The first-order valence-electron chi connectivity index (χ1n) is 8.39. The van der Waals surface area contributed by atoms with E-state index in [-0.39, 0.29) is 0 Å². The standard InChI is InChI=1S/C21H23NO/c1-2-8-17(14-18(23)13-16-9-4-3-5-10-16)20-15-22-21-12-7-6-11-19(20)21/h3-7,9-12,15,17,22H,2,8,13-14H2,1H3/t17-/m0/s1. The number of carbonyl (C=O) groups excluding carboxylic acids is 1. The summed E-state index contributed by atoms with van der Waals surface area (Å²) in [7, 11) is 0. The Morgan fingerprint density at radius 2 is 1.78 bits per heavy atom. The summed E-state index contributed by atoms with van der Waals surface area (Å²) < 4.78 is 0. The minimum absolute atomic E-state index is 0.298. The maximum atomic E-state index is 12.5.